The van der Waals surface area contributed by atoms with Gasteiger partial charge in [-0.15, -0.1) is 0 Å². The standard InChI is InChI=1S/C24H31N7O/c1-4-23(32)29-19-7-5-6-17(12-19)14-26-22-13-21(28-18-8-10-25-11-9-18)30-24-20(16(2)3)15-27-31(22)24/h4-7,12-13,15-16,18,25-26H,1,8-11,14H2,2-3H3,(H,28,30)(H,29,32). The summed E-state index contributed by atoms with van der Waals surface area (Å²) in [7, 11) is 0. The Kier molecular flexibility index (Phi) is 6.70. The van der Waals surface area contributed by atoms with Gasteiger partial charge in [0, 0.05) is 29.9 Å². The number of amides is 1. The molecule has 0 atom stereocenters. The number of rotatable bonds is 8. The molecule has 32 heavy (non-hydrogen) atoms. The van der Waals surface area contributed by atoms with Crippen molar-refractivity contribution >= 4 is 28.9 Å². The number of nitrogens with zero attached hydrogens (tertiary/aromatic N) is 3. The maximum absolute atomic E-state index is 11.6. The van der Waals surface area contributed by atoms with Crippen LogP contribution in [0.15, 0.2) is 49.2 Å². The molecule has 1 fully saturated rings. The van der Waals surface area contributed by atoms with Crippen molar-refractivity contribution in [1.82, 2.24) is 19.9 Å². The maximum Gasteiger partial charge on any atom is 0.247 e. The Labute approximate surface area is 188 Å². The van der Waals surface area contributed by atoms with Gasteiger partial charge in [-0.25, -0.2) is 4.98 Å². The molecular weight excluding hydrogens is 402 g/mol. The molecule has 1 amide bonds. The maximum atomic E-state index is 11.6. The minimum Gasteiger partial charge on any atom is -0.367 e. The molecule has 3 heterocycles. The van der Waals surface area contributed by atoms with E-state index in [1.165, 1.54) is 6.08 Å². The predicted molar refractivity (Wildman–Crippen MR) is 129 cm³/mol. The van der Waals surface area contributed by atoms with Gasteiger partial charge in [-0.3, -0.25) is 4.79 Å². The van der Waals surface area contributed by atoms with Crippen LogP contribution >= 0.6 is 0 Å². The summed E-state index contributed by atoms with van der Waals surface area (Å²) in [5.74, 6) is 1.84. The lowest BCUT2D eigenvalue weighted by atomic mass is 10.1. The molecule has 0 spiro atoms. The first-order valence-electron chi connectivity index (χ1n) is 11.2. The fraction of sp³-hybridized carbons (Fsp3) is 0.375. The highest BCUT2D eigenvalue weighted by atomic mass is 16.1. The molecule has 0 unspecified atom stereocenters. The summed E-state index contributed by atoms with van der Waals surface area (Å²) in [4.78, 5) is 16.5. The third-order valence-corrected chi connectivity index (χ3v) is 5.67. The average Bonchev–Trinajstić information content (AvgIpc) is 3.23. The van der Waals surface area contributed by atoms with Crippen LogP contribution in [-0.2, 0) is 11.3 Å². The zero-order valence-corrected chi connectivity index (χ0v) is 18.7. The Morgan fingerprint density at radius 2 is 2.12 bits per heavy atom. The van der Waals surface area contributed by atoms with Crippen LogP contribution in [0.3, 0.4) is 0 Å². The van der Waals surface area contributed by atoms with Crippen LogP contribution in [0.5, 0.6) is 0 Å². The van der Waals surface area contributed by atoms with Crippen molar-refractivity contribution in [3.63, 3.8) is 0 Å². The van der Waals surface area contributed by atoms with E-state index in [0.717, 1.165) is 60.0 Å². The van der Waals surface area contributed by atoms with Crippen LogP contribution < -0.4 is 21.3 Å². The molecule has 3 aromatic rings. The zero-order valence-electron chi connectivity index (χ0n) is 18.7. The van der Waals surface area contributed by atoms with Crippen molar-refractivity contribution in [3.05, 3.63) is 60.3 Å². The molecule has 0 bridgehead atoms. The van der Waals surface area contributed by atoms with E-state index >= 15 is 0 Å². The molecule has 1 aliphatic rings. The number of piperidine rings is 1. The van der Waals surface area contributed by atoms with Gasteiger partial charge in [0.25, 0.3) is 0 Å². The lowest BCUT2D eigenvalue weighted by Gasteiger charge is -2.24. The van der Waals surface area contributed by atoms with Crippen molar-refractivity contribution in [1.29, 1.82) is 0 Å². The quantitative estimate of drug-likeness (QED) is 0.404. The molecule has 1 saturated heterocycles. The van der Waals surface area contributed by atoms with Gasteiger partial charge in [-0.1, -0.05) is 32.6 Å². The van der Waals surface area contributed by atoms with Crippen LogP contribution in [0.2, 0.25) is 0 Å². The highest BCUT2D eigenvalue weighted by molar-refractivity contribution is 5.98. The third kappa shape index (κ3) is 5.08. The molecule has 1 aliphatic heterocycles. The summed E-state index contributed by atoms with van der Waals surface area (Å²) < 4.78 is 1.87. The van der Waals surface area contributed by atoms with E-state index in [2.05, 4.69) is 46.8 Å². The van der Waals surface area contributed by atoms with E-state index in [-0.39, 0.29) is 5.91 Å². The number of fused-ring (bicyclic) bond motifs is 1. The van der Waals surface area contributed by atoms with E-state index < -0.39 is 0 Å². The predicted octanol–water partition coefficient (Wildman–Crippen LogP) is 3.75. The summed E-state index contributed by atoms with van der Waals surface area (Å²) in [6, 6.07) is 10.2. The van der Waals surface area contributed by atoms with Gasteiger partial charge in [-0.2, -0.15) is 9.61 Å². The molecule has 8 heteroatoms. The second-order valence-corrected chi connectivity index (χ2v) is 8.43. The van der Waals surface area contributed by atoms with Gasteiger partial charge in [0.1, 0.15) is 11.6 Å². The van der Waals surface area contributed by atoms with Gasteiger partial charge in [-0.05, 0) is 55.6 Å². The van der Waals surface area contributed by atoms with E-state index in [1.54, 1.807) is 0 Å². The van der Waals surface area contributed by atoms with Gasteiger partial charge < -0.3 is 21.3 Å². The molecule has 0 aliphatic carbocycles. The Bertz CT molecular complexity index is 1100. The summed E-state index contributed by atoms with van der Waals surface area (Å²) in [5.41, 5.74) is 3.77. The van der Waals surface area contributed by atoms with Crippen molar-refractivity contribution in [2.45, 2.75) is 45.2 Å². The Morgan fingerprint density at radius 3 is 2.88 bits per heavy atom. The second-order valence-electron chi connectivity index (χ2n) is 8.43. The molecular formula is C24H31N7O. The number of carbonyl (C=O) groups is 1. The number of anilines is 3. The number of hydrogen-bond acceptors (Lipinski definition) is 6. The molecule has 8 nitrogen and oxygen atoms in total. The summed E-state index contributed by atoms with van der Waals surface area (Å²) in [5, 5.41) is 17.9. The smallest absolute Gasteiger partial charge is 0.247 e. The van der Waals surface area contributed by atoms with Crippen LogP contribution in [-0.4, -0.2) is 39.6 Å². The first-order chi connectivity index (χ1) is 15.5. The molecule has 2 aromatic heterocycles. The van der Waals surface area contributed by atoms with Gasteiger partial charge >= 0.3 is 0 Å². The average molecular weight is 434 g/mol. The van der Waals surface area contributed by atoms with Crippen molar-refractivity contribution in [3.8, 4) is 0 Å². The first kappa shape index (κ1) is 21.8. The van der Waals surface area contributed by atoms with Crippen LogP contribution in [0.1, 0.15) is 43.7 Å². The lowest BCUT2D eigenvalue weighted by Crippen LogP contribution is -2.35. The van der Waals surface area contributed by atoms with Crippen LogP contribution in [0, 0.1) is 0 Å². The second kappa shape index (κ2) is 9.82. The number of nitrogens with one attached hydrogen (secondary N) is 4. The van der Waals surface area contributed by atoms with Crippen LogP contribution in [0.25, 0.3) is 5.65 Å². The number of aromatic nitrogens is 3. The van der Waals surface area contributed by atoms with E-state index in [0.29, 0.717) is 18.5 Å². The Hall–Kier alpha value is -3.39. The minimum atomic E-state index is -0.225. The molecule has 0 radical (unpaired) electrons. The Morgan fingerprint density at radius 1 is 1.31 bits per heavy atom. The molecule has 4 N–H and O–H groups in total. The molecule has 0 saturated carbocycles. The summed E-state index contributed by atoms with van der Waals surface area (Å²) in [6.45, 7) is 10.4. The van der Waals surface area contributed by atoms with E-state index in [4.69, 9.17) is 4.98 Å². The highest BCUT2D eigenvalue weighted by Gasteiger charge is 2.17. The Balaban J connectivity index is 1.58. The van der Waals surface area contributed by atoms with Crippen molar-refractivity contribution < 1.29 is 4.79 Å². The van der Waals surface area contributed by atoms with E-state index in [9.17, 15) is 4.79 Å². The largest absolute Gasteiger partial charge is 0.367 e. The van der Waals surface area contributed by atoms with Gasteiger partial charge in [0.05, 0.1) is 6.20 Å². The normalized spacial score (nSPS) is 14.5. The fourth-order valence-electron chi connectivity index (χ4n) is 3.91. The lowest BCUT2D eigenvalue weighted by molar-refractivity contribution is -0.111. The molecule has 168 valence electrons. The van der Waals surface area contributed by atoms with Crippen molar-refractivity contribution in [2.24, 2.45) is 0 Å². The van der Waals surface area contributed by atoms with Gasteiger partial charge in [0.15, 0.2) is 5.65 Å². The van der Waals surface area contributed by atoms with Gasteiger partial charge in [0.2, 0.25) is 5.91 Å². The SMILES string of the molecule is C=CC(=O)Nc1cccc(CNc2cc(NC3CCNCC3)nc3c(C(C)C)cnn23)c1. The zero-order chi connectivity index (χ0) is 22.5. The van der Waals surface area contributed by atoms with E-state index in [1.807, 2.05) is 41.0 Å². The van der Waals surface area contributed by atoms with Crippen molar-refractivity contribution in [2.75, 3.05) is 29.0 Å². The third-order valence-electron chi connectivity index (χ3n) is 5.67. The summed E-state index contributed by atoms with van der Waals surface area (Å²) in [6.07, 6.45) is 5.32. The highest BCUT2D eigenvalue weighted by Crippen LogP contribution is 2.25. The number of carbonyl (C=O) groups excluding carboxylic acids is 1. The fourth-order valence-corrected chi connectivity index (χ4v) is 3.91. The first-order valence-corrected chi connectivity index (χ1v) is 11.2. The summed E-state index contributed by atoms with van der Waals surface area (Å²) >= 11 is 0. The topological polar surface area (TPSA) is 95.4 Å². The number of benzene rings is 1. The minimum absolute atomic E-state index is 0.225. The molecule has 1 aromatic carbocycles. The number of hydrogen-bond donors (Lipinski definition) is 4. The van der Waals surface area contributed by atoms with Crippen LogP contribution in [0.4, 0.5) is 17.3 Å². The monoisotopic (exact) mass is 433 g/mol. The molecule has 4 rings (SSSR count).